The standard InChI is InChI=1S/C19H16O6.C17H12O6.C15H17BrO3.C9H10O3.CH2O3.2K.Na.H2O.H/c1-2-22-19(21)14-4-7-15(8-5-14)23-12-24-16-9-3-13-6-10-18(20)25-17(13)11-16;18-16-8-4-11-1-7-14(9-15(11)23-16)22-10-21-13-5-2-12(3-6-13)17(19)20;16-9-3-1-2-4-10-18-13-7-5-12-6-8-15(17)19-14(12)11-13;1-2-12-9(11)7-3-5-8(10)6-4-7;2-1-4-3;;;;;/h3-11H,2,12H2,1H3;1-9H,10H2,(H,19,20);5-8,11H,1-4,9-10H2;3-6,10H,2H2,1H3;1,3H;;;;1H2;/q;;;;;3*+1;;-1/p-2. The van der Waals surface area contributed by atoms with Crippen LogP contribution in [0.2, 0.25) is 0 Å². The maximum Gasteiger partial charge on any atom is 1.00 e. The molecule has 0 aliphatic carbocycles. The topological polar surface area (TPSA) is 326 Å². The van der Waals surface area contributed by atoms with E-state index in [1.165, 1.54) is 73.9 Å². The average molecular weight is 1320 g/mol. The number of ether oxygens (including phenoxy) is 7. The molecule has 0 unspecified atom stereocenters. The number of aromatic hydroxyl groups is 1. The molecule has 3 aromatic heterocycles. The first-order chi connectivity index (χ1) is 40.2. The van der Waals surface area contributed by atoms with Crippen LogP contribution in [0.15, 0.2) is 191 Å². The van der Waals surface area contributed by atoms with Crippen molar-refractivity contribution in [2.24, 2.45) is 0 Å². The third-order valence-corrected chi connectivity index (χ3v) is 11.4. The van der Waals surface area contributed by atoms with E-state index in [9.17, 15) is 28.8 Å². The summed E-state index contributed by atoms with van der Waals surface area (Å²) in [6.07, 6.45) is 4.65. The molecule has 9 aromatic rings. The van der Waals surface area contributed by atoms with E-state index in [4.69, 9.17) is 66.7 Å². The van der Waals surface area contributed by atoms with Crippen LogP contribution >= 0.6 is 15.9 Å². The maximum absolute atomic E-state index is 11.6. The van der Waals surface area contributed by atoms with Crippen LogP contribution in [-0.2, 0) is 19.2 Å². The second-order valence-corrected chi connectivity index (χ2v) is 17.5. The van der Waals surface area contributed by atoms with Crippen molar-refractivity contribution in [1.82, 2.24) is 0 Å². The third-order valence-electron chi connectivity index (χ3n) is 10.9. The second-order valence-electron chi connectivity index (χ2n) is 16.7. The third kappa shape index (κ3) is 29.4. The first-order valence-corrected chi connectivity index (χ1v) is 26.4. The van der Waals surface area contributed by atoms with Crippen LogP contribution < -0.4 is 178 Å². The molecule has 0 bridgehead atoms. The van der Waals surface area contributed by atoms with E-state index < -0.39 is 17.2 Å². The molecule has 3 heterocycles. The molecule has 87 heavy (non-hydrogen) atoms. The predicted molar refractivity (Wildman–Crippen MR) is 308 cm³/mol. The Kier molecular flexibility index (Phi) is 40.7. The van der Waals surface area contributed by atoms with E-state index in [1.54, 1.807) is 111 Å². The number of hydrogen-bond acceptors (Lipinski definition) is 21. The summed E-state index contributed by atoms with van der Waals surface area (Å²) in [6.45, 7) is 4.63. The minimum atomic E-state index is -0.995. The summed E-state index contributed by atoms with van der Waals surface area (Å²) in [6, 6.07) is 43.6. The van der Waals surface area contributed by atoms with Crippen LogP contribution in [-0.4, -0.2) is 78.8 Å². The summed E-state index contributed by atoms with van der Waals surface area (Å²) in [5.74, 6) is 1.22. The summed E-state index contributed by atoms with van der Waals surface area (Å²) in [5.41, 5.74) is 1.37. The monoisotopic (exact) mass is 1320 g/mol. The number of carboxylic acids is 1. The van der Waals surface area contributed by atoms with Crippen molar-refractivity contribution < 1.29 is 225 Å². The number of phenols is 1. The average Bonchev–Trinajstić information content (AvgIpc) is 1.59. The number of rotatable bonds is 21. The van der Waals surface area contributed by atoms with Crippen molar-refractivity contribution in [3.63, 3.8) is 0 Å². The Morgan fingerprint density at radius 2 is 0.828 bits per heavy atom. The van der Waals surface area contributed by atoms with Gasteiger partial charge in [0, 0.05) is 57.9 Å². The molecule has 9 rings (SSSR count). The molecule has 22 nitrogen and oxygen atoms in total. The van der Waals surface area contributed by atoms with Crippen LogP contribution in [0.5, 0.6) is 34.5 Å². The SMILES string of the molecule is CCOC(=O)c1ccc(O)cc1.CCOC(=O)c1ccc(OCOc2ccc3ccc(=O)oc3c2)cc1.O=C(O)c1ccc(OCOc2ccc3ccc(=O)oc3c2)cc1.O=CO[O-].O=c1ccc2ccc(OCCCCCCBr)cc2o1.[H-].[K+].[K+].[Na+].[OH-]. The van der Waals surface area contributed by atoms with Crippen molar-refractivity contribution in [3.05, 3.63) is 212 Å². The van der Waals surface area contributed by atoms with Crippen molar-refractivity contribution >= 4 is 73.2 Å². The number of carbonyl (C=O) groups is 4. The number of halogens is 1. The molecule has 0 fully saturated rings. The molecule has 0 radical (unpaired) electrons. The molecule has 3 N–H and O–H groups in total. The van der Waals surface area contributed by atoms with Gasteiger partial charge in [-0.3, -0.25) is 4.79 Å². The second kappa shape index (κ2) is 44.7. The van der Waals surface area contributed by atoms with Crippen molar-refractivity contribution in [1.29, 1.82) is 0 Å². The molecule has 6 aromatic carbocycles. The number of carboxylic acid groups (broad SMARTS) is 1. The molecule has 0 aliphatic heterocycles. The fraction of sp³-hybridized carbons (Fsp3) is 0.197. The zero-order valence-corrected chi connectivity index (χ0v) is 58.0. The minimum absolute atomic E-state index is 0. The first-order valence-electron chi connectivity index (χ1n) is 25.3. The normalized spacial score (nSPS) is 9.66. The van der Waals surface area contributed by atoms with Gasteiger partial charge in [-0.2, -0.15) is 0 Å². The van der Waals surface area contributed by atoms with Gasteiger partial charge in [0.15, 0.2) is 0 Å². The quantitative estimate of drug-likeness (QED) is 0.0118. The fourth-order valence-electron chi connectivity index (χ4n) is 6.87. The van der Waals surface area contributed by atoms with E-state index in [0.29, 0.717) is 70.7 Å². The van der Waals surface area contributed by atoms with E-state index in [-0.39, 0.29) is 188 Å². The smallest absolute Gasteiger partial charge is 1.00 e. The maximum atomic E-state index is 11.6. The molecular formula is C61H58BrK2NaO22. The van der Waals surface area contributed by atoms with Gasteiger partial charge in [0.25, 0.3) is 6.47 Å². The van der Waals surface area contributed by atoms with Gasteiger partial charge in [-0.25, -0.2) is 28.8 Å². The Bertz CT molecular complexity index is 3680. The van der Waals surface area contributed by atoms with Crippen LogP contribution in [0.1, 0.15) is 72.0 Å². The first kappa shape index (κ1) is 79.3. The Morgan fingerprint density at radius 3 is 1.18 bits per heavy atom. The summed E-state index contributed by atoms with van der Waals surface area (Å²) in [5, 5.41) is 29.7. The molecule has 0 spiro atoms. The number of esters is 2. The molecule has 0 atom stereocenters. The van der Waals surface area contributed by atoms with Gasteiger partial charge in [-0.15, -0.1) is 0 Å². The molecule has 0 aliphatic rings. The van der Waals surface area contributed by atoms with Gasteiger partial charge in [0.05, 0.1) is 36.5 Å². The number of fused-ring (bicyclic) bond motifs is 3. The van der Waals surface area contributed by atoms with Gasteiger partial charge in [0.1, 0.15) is 51.2 Å². The van der Waals surface area contributed by atoms with E-state index in [1.807, 2.05) is 12.1 Å². The summed E-state index contributed by atoms with van der Waals surface area (Å²) in [7, 11) is 0. The number of carbonyl (C=O) groups excluding carboxylic acids is 3. The Morgan fingerprint density at radius 1 is 0.506 bits per heavy atom. The number of phenolic OH excluding ortho intramolecular Hbond substituents is 1. The fourth-order valence-corrected chi connectivity index (χ4v) is 7.27. The predicted octanol–water partition coefficient (Wildman–Crippen LogP) is 1.37. The van der Waals surface area contributed by atoms with E-state index in [2.05, 4.69) is 20.8 Å². The van der Waals surface area contributed by atoms with E-state index in [0.717, 1.165) is 33.7 Å². The molecular weight excluding hydrogens is 1270 g/mol. The van der Waals surface area contributed by atoms with Crippen molar-refractivity contribution in [2.75, 3.05) is 38.7 Å². The van der Waals surface area contributed by atoms with Crippen molar-refractivity contribution in [3.8, 4) is 34.5 Å². The number of unbranched alkanes of at least 4 members (excludes halogenated alkanes) is 3. The Balaban J connectivity index is 0.00000113. The number of aromatic carboxylic acids is 1. The van der Waals surface area contributed by atoms with Crippen LogP contribution in [0.3, 0.4) is 0 Å². The number of hydrogen-bond donors (Lipinski definition) is 2. The van der Waals surface area contributed by atoms with Crippen LogP contribution in [0.4, 0.5) is 0 Å². The summed E-state index contributed by atoms with van der Waals surface area (Å²) in [4.78, 5) is 78.2. The molecule has 0 amide bonds. The Labute approximate surface area is 614 Å². The number of alkyl halides is 1. The molecule has 0 saturated heterocycles. The largest absolute Gasteiger partial charge is 1.00 e. The van der Waals surface area contributed by atoms with Gasteiger partial charge in [-0.05, 0) is 154 Å². The van der Waals surface area contributed by atoms with Gasteiger partial charge >= 0.3 is 167 Å². The summed E-state index contributed by atoms with van der Waals surface area (Å²) >= 11 is 3.42. The molecule has 26 heteroatoms. The zero-order chi connectivity index (χ0) is 59.8. The minimum Gasteiger partial charge on any atom is -1.00 e. The van der Waals surface area contributed by atoms with Crippen LogP contribution in [0.25, 0.3) is 32.9 Å². The van der Waals surface area contributed by atoms with Crippen LogP contribution in [0, 0.1) is 0 Å². The van der Waals surface area contributed by atoms with E-state index >= 15 is 0 Å². The van der Waals surface area contributed by atoms with Gasteiger partial charge < -0.3 is 73.7 Å². The molecule has 0 saturated carbocycles. The number of benzene rings is 6. The van der Waals surface area contributed by atoms with Gasteiger partial charge in [0.2, 0.25) is 13.6 Å². The molecule has 444 valence electrons. The zero-order valence-electron chi connectivity index (χ0n) is 49.2. The van der Waals surface area contributed by atoms with Gasteiger partial charge in [-0.1, -0.05) is 28.8 Å². The summed E-state index contributed by atoms with van der Waals surface area (Å²) < 4.78 is 52.4. The van der Waals surface area contributed by atoms with Crippen molar-refractivity contribution in [2.45, 2.75) is 39.5 Å². The Hall–Kier alpha value is -5.70.